The molecule has 3 heterocycles. The molecule has 0 bridgehead atoms. The van der Waals surface area contributed by atoms with Crippen molar-refractivity contribution in [2.75, 3.05) is 46.4 Å². The first-order valence-corrected chi connectivity index (χ1v) is 8.44. The van der Waals surface area contributed by atoms with E-state index in [2.05, 4.69) is 9.88 Å². The first kappa shape index (κ1) is 15.7. The maximum atomic E-state index is 12.5. The highest BCUT2D eigenvalue weighted by Crippen LogP contribution is 2.30. The summed E-state index contributed by atoms with van der Waals surface area (Å²) in [5.74, 6) is 0.0207. The minimum Gasteiger partial charge on any atom is -0.379 e. The lowest BCUT2D eigenvalue weighted by Crippen LogP contribution is -2.41. The molecule has 22 heavy (non-hydrogen) atoms. The molecule has 0 radical (unpaired) electrons. The Morgan fingerprint density at radius 2 is 2.27 bits per heavy atom. The highest BCUT2D eigenvalue weighted by atomic mass is 35.5. The van der Waals surface area contributed by atoms with Crippen LogP contribution in [0.25, 0.3) is 10.2 Å². The second-order valence-electron chi connectivity index (χ2n) is 5.30. The molecule has 7 heteroatoms. The van der Waals surface area contributed by atoms with Crippen LogP contribution >= 0.6 is 22.9 Å². The van der Waals surface area contributed by atoms with Gasteiger partial charge in [-0.1, -0.05) is 11.6 Å². The molecular formula is C15H18ClN3O2S. The van der Waals surface area contributed by atoms with Crippen molar-refractivity contribution in [3.63, 3.8) is 0 Å². The van der Waals surface area contributed by atoms with Crippen molar-refractivity contribution in [1.82, 2.24) is 14.8 Å². The SMILES string of the molecule is CN(CCN1CCOCC1)C(=O)c1cc2nccc(Cl)c2s1. The van der Waals surface area contributed by atoms with Crippen molar-refractivity contribution in [3.8, 4) is 0 Å². The number of rotatable bonds is 4. The van der Waals surface area contributed by atoms with Gasteiger partial charge >= 0.3 is 0 Å². The first-order valence-electron chi connectivity index (χ1n) is 7.25. The maximum Gasteiger partial charge on any atom is 0.263 e. The van der Waals surface area contributed by atoms with Gasteiger partial charge in [-0.15, -0.1) is 11.3 Å². The number of amides is 1. The monoisotopic (exact) mass is 339 g/mol. The van der Waals surface area contributed by atoms with Crippen molar-refractivity contribution in [2.45, 2.75) is 0 Å². The van der Waals surface area contributed by atoms with E-state index in [-0.39, 0.29) is 5.91 Å². The van der Waals surface area contributed by atoms with Gasteiger partial charge in [0.05, 0.1) is 33.3 Å². The number of aromatic nitrogens is 1. The van der Waals surface area contributed by atoms with E-state index in [0.29, 0.717) is 16.4 Å². The van der Waals surface area contributed by atoms with Crippen molar-refractivity contribution >= 4 is 39.1 Å². The van der Waals surface area contributed by atoms with Gasteiger partial charge in [-0.05, 0) is 12.1 Å². The summed E-state index contributed by atoms with van der Waals surface area (Å²) in [5, 5.41) is 0.644. The molecule has 2 aromatic heterocycles. The Bertz CT molecular complexity index is 670. The highest BCUT2D eigenvalue weighted by Gasteiger charge is 2.18. The van der Waals surface area contributed by atoms with Crippen LogP contribution in [0.2, 0.25) is 5.02 Å². The van der Waals surface area contributed by atoms with Gasteiger partial charge in [-0.25, -0.2) is 0 Å². The molecule has 3 rings (SSSR count). The largest absolute Gasteiger partial charge is 0.379 e. The van der Waals surface area contributed by atoms with Gasteiger partial charge in [-0.3, -0.25) is 14.7 Å². The number of likely N-dealkylation sites (N-methyl/N-ethyl adjacent to an activating group) is 1. The number of hydrogen-bond donors (Lipinski definition) is 0. The van der Waals surface area contributed by atoms with Crippen molar-refractivity contribution in [1.29, 1.82) is 0 Å². The number of fused-ring (bicyclic) bond motifs is 1. The Kier molecular flexibility index (Phi) is 4.93. The molecule has 5 nitrogen and oxygen atoms in total. The number of nitrogens with zero attached hydrogens (tertiary/aromatic N) is 3. The Morgan fingerprint density at radius 1 is 1.50 bits per heavy atom. The van der Waals surface area contributed by atoms with Gasteiger partial charge in [0.2, 0.25) is 0 Å². The van der Waals surface area contributed by atoms with Crippen LogP contribution in [0.4, 0.5) is 0 Å². The van der Waals surface area contributed by atoms with E-state index < -0.39 is 0 Å². The number of pyridine rings is 1. The Morgan fingerprint density at radius 3 is 3.00 bits per heavy atom. The van der Waals surface area contributed by atoms with Gasteiger partial charge in [0, 0.05) is 39.4 Å². The van der Waals surface area contributed by atoms with E-state index in [9.17, 15) is 4.79 Å². The zero-order valence-electron chi connectivity index (χ0n) is 12.4. The van der Waals surface area contributed by atoms with Crippen LogP contribution in [0, 0.1) is 0 Å². The first-order chi connectivity index (χ1) is 10.6. The molecule has 1 fully saturated rings. The fourth-order valence-electron chi connectivity index (χ4n) is 2.42. The molecule has 0 aliphatic carbocycles. The van der Waals surface area contributed by atoms with Crippen molar-refractivity contribution in [3.05, 3.63) is 28.2 Å². The van der Waals surface area contributed by atoms with Crippen LogP contribution in [0.15, 0.2) is 18.3 Å². The lowest BCUT2D eigenvalue weighted by molar-refractivity contribution is 0.0339. The Hall–Kier alpha value is -1.21. The average molecular weight is 340 g/mol. The van der Waals surface area contributed by atoms with Crippen molar-refractivity contribution in [2.24, 2.45) is 0 Å². The second-order valence-corrected chi connectivity index (χ2v) is 6.76. The summed E-state index contributed by atoms with van der Waals surface area (Å²) in [7, 11) is 1.84. The zero-order chi connectivity index (χ0) is 15.5. The standard InChI is InChI=1S/C15H18ClN3O2S/c1-18(4-5-19-6-8-21-9-7-19)15(20)13-10-12-14(22-13)11(16)2-3-17-12/h2-3,10H,4-9H2,1H3. The van der Waals surface area contributed by atoms with Gasteiger partial charge in [0.25, 0.3) is 5.91 Å². The van der Waals surface area contributed by atoms with Crippen LogP contribution < -0.4 is 0 Å². The fraction of sp³-hybridized carbons (Fsp3) is 0.467. The van der Waals surface area contributed by atoms with Crippen LogP contribution in [0.3, 0.4) is 0 Å². The van der Waals surface area contributed by atoms with Gasteiger partial charge in [0.15, 0.2) is 0 Å². The Labute approximate surface area is 138 Å². The molecule has 0 spiro atoms. The summed E-state index contributed by atoms with van der Waals surface area (Å²) < 4.78 is 6.20. The average Bonchev–Trinajstić information content (AvgIpc) is 2.98. The van der Waals surface area contributed by atoms with Gasteiger partial charge in [-0.2, -0.15) is 0 Å². The number of morpholine rings is 1. The summed E-state index contributed by atoms with van der Waals surface area (Å²) in [6.45, 7) is 4.99. The third kappa shape index (κ3) is 3.41. The van der Waals surface area contributed by atoms with Crippen LogP contribution in [-0.2, 0) is 4.74 Å². The third-order valence-electron chi connectivity index (χ3n) is 3.78. The highest BCUT2D eigenvalue weighted by molar-refractivity contribution is 7.21. The topological polar surface area (TPSA) is 45.7 Å². The fourth-order valence-corrected chi connectivity index (χ4v) is 3.70. The molecule has 1 amide bonds. The third-order valence-corrected chi connectivity index (χ3v) is 5.35. The van der Waals surface area contributed by atoms with Crippen molar-refractivity contribution < 1.29 is 9.53 Å². The molecule has 0 aromatic carbocycles. The van der Waals surface area contributed by atoms with Crippen LogP contribution in [0.1, 0.15) is 9.67 Å². The smallest absolute Gasteiger partial charge is 0.263 e. The summed E-state index contributed by atoms with van der Waals surface area (Å²) in [5.41, 5.74) is 0.780. The number of carbonyl (C=O) groups is 1. The predicted octanol–water partition coefficient (Wildman–Crippen LogP) is 2.35. The minimum atomic E-state index is 0.0207. The number of thiophene rings is 1. The molecular weight excluding hydrogens is 322 g/mol. The second kappa shape index (κ2) is 6.91. The summed E-state index contributed by atoms with van der Waals surface area (Å²) >= 11 is 7.55. The quantitative estimate of drug-likeness (QED) is 0.858. The minimum absolute atomic E-state index is 0.0207. The summed E-state index contributed by atoms with van der Waals surface area (Å²) in [4.78, 5) is 21.5. The normalized spacial score (nSPS) is 16.1. The molecule has 0 unspecified atom stereocenters. The number of halogens is 1. The van der Waals surface area contributed by atoms with Crippen LogP contribution in [-0.4, -0.2) is 67.1 Å². The summed E-state index contributed by atoms with van der Waals surface area (Å²) in [6.07, 6.45) is 1.66. The van der Waals surface area contributed by atoms with Crippen LogP contribution in [0.5, 0.6) is 0 Å². The van der Waals surface area contributed by atoms with Gasteiger partial charge < -0.3 is 9.64 Å². The molecule has 1 aliphatic rings. The molecule has 1 aliphatic heterocycles. The molecule has 1 saturated heterocycles. The molecule has 0 saturated carbocycles. The summed E-state index contributed by atoms with van der Waals surface area (Å²) in [6, 6.07) is 3.57. The van der Waals surface area contributed by atoms with E-state index in [1.165, 1.54) is 11.3 Å². The van der Waals surface area contributed by atoms with E-state index in [1.807, 2.05) is 13.1 Å². The lowest BCUT2D eigenvalue weighted by atomic mass is 10.3. The van der Waals surface area contributed by atoms with Gasteiger partial charge in [0.1, 0.15) is 0 Å². The molecule has 0 atom stereocenters. The lowest BCUT2D eigenvalue weighted by Gasteiger charge is -2.28. The zero-order valence-corrected chi connectivity index (χ0v) is 14.0. The maximum absolute atomic E-state index is 12.5. The number of hydrogen-bond acceptors (Lipinski definition) is 5. The molecule has 118 valence electrons. The number of ether oxygens (including phenoxy) is 1. The molecule has 2 aromatic rings. The van der Waals surface area contributed by atoms with E-state index >= 15 is 0 Å². The predicted molar refractivity (Wildman–Crippen MR) is 88.8 cm³/mol. The number of carbonyl (C=O) groups excluding carboxylic acids is 1. The van der Waals surface area contributed by atoms with E-state index in [0.717, 1.165) is 43.1 Å². The molecule has 0 N–H and O–H groups in total. The van der Waals surface area contributed by atoms with E-state index in [1.54, 1.807) is 17.2 Å². The van der Waals surface area contributed by atoms with E-state index in [4.69, 9.17) is 16.3 Å². The Balaban J connectivity index is 1.65.